The normalized spacial score (nSPS) is 19.9. The van der Waals surface area contributed by atoms with Crippen LogP contribution >= 0.6 is 0 Å². The molecular formula is C21H28F2. The van der Waals surface area contributed by atoms with Gasteiger partial charge in [0.15, 0.2) is 11.6 Å². The van der Waals surface area contributed by atoms with Gasteiger partial charge in [-0.15, -0.1) is 0 Å². The summed E-state index contributed by atoms with van der Waals surface area (Å²) in [5.41, 5.74) is 1.92. The van der Waals surface area contributed by atoms with Crippen molar-refractivity contribution >= 4 is 5.57 Å². The van der Waals surface area contributed by atoms with Crippen molar-refractivity contribution < 1.29 is 8.78 Å². The third-order valence-corrected chi connectivity index (χ3v) is 4.90. The van der Waals surface area contributed by atoms with Gasteiger partial charge >= 0.3 is 0 Å². The van der Waals surface area contributed by atoms with Gasteiger partial charge in [-0.25, -0.2) is 8.78 Å². The zero-order valence-corrected chi connectivity index (χ0v) is 14.5. The van der Waals surface area contributed by atoms with Crippen molar-refractivity contribution in [3.8, 4) is 0 Å². The minimum Gasteiger partial charge on any atom is -0.203 e. The Morgan fingerprint density at radius 2 is 2.04 bits per heavy atom. The summed E-state index contributed by atoms with van der Waals surface area (Å²) in [4.78, 5) is 0. The predicted octanol–water partition coefficient (Wildman–Crippen LogP) is 7.02. The first kappa shape index (κ1) is 17.9. The maximum atomic E-state index is 14.5. The maximum absolute atomic E-state index is 14.5. The van der Waals surface area contributed by atoms with Crippen LogP contribution in [0.4, 0.5) is 8.78 Å². The summed E-state index contributed by atoms with van der Waals surface area (Å²) in [5.74, 6) is -0.716. The average Bonchev–Trinajstić information content (AvgIpc) is 2.56. The van der Waals surface area contributed by atoms with Gasteiger partial charge < -0.3 is 0 Å². The number of hydrogen-bond acceptors (Lipinski definition) is 0. The van der Waals surface area contributed by atoms with E-state index in [-0.39, 0.29) is 5.92 Å². The standard InChI is InChI=1S/C21H28F2/c1-4-6-8-15(3)18-13-14-19(21(23)20(18)22)17-11-9-16(7-5-2)10-12-17/h5,7,11,13-16H,4,6,8-10,12H2,1-3H3/b7-5+. The van der Waals surface area contributed by atoms with Crippen molar-refractivity contribution in [1.82, 2.24) is 0 Å². The summed E-state index contributed by atoms with van der Waals surface area (Å²) in [5, 5.41) is 0. The first-order valence-corrected chi connectivity index (χ1v) is 8.88. The predicted molar refractivity (Wildman–Crippen MR) is 94.4 cm³/mol. The van der Waals surface area contributed by atoms with Gasteiger partial charge in [-0.1, -0.05) is 57.0 Å². The third-order valence-electron chi connectivity index (χ3n) is 4.90. The van der Waals surface area contributed by atoms with Crippen molar-refractivity contribution in [1.29, 1.82) is 0 Å². The summed E-state index contributed by atoms with van der Waals surface area (Å²) in [6.07, 6.45) is 12.1. The molecule has 0 radical (unpaired) electrons. The zero-order valence-electron chi connectivity index (χ0n) is 14.5. The van der Waals surface area contributed by atoms with Crippen LogP contribution in [0.5, 0.6) is 0 Å². The molecule has 1 aliphatic rings. The molecule has 1 aromatic rings. The van der Waals surface area contributed by atoms with Gasteiger partial charge in [0.2, 0.25) is 0 Å². The lowest BCUT2D eigenvalue weighted by atomic mass is 9.85. The van der Waals surface area contributed by atoms with Gasteiger partial charge in [-0.2, -0.15) is 0 Å². The van der Waals surface area contributed by atoms with Crippen LogP contribution in [0.25, 0.3) is 5.57 Å². The van der Waals surface area contributed by atoms with Gasteiger partial charge in [-0.3, -0.25) is 0 Å². The fourth-order valence-electron chi connectivity index (χ4n) is 3.40. The molecule has 0 saturated heterocycles. The second kappa shape index (κ2) is 8.42. The van der Waals surface area contributed by atoms with Crippen LogP contribution in [-0.4, -0.2) is 0 Å². The highest BCUT2D eigenvalue weighted by atomic mass is 19.2. The van der Waals surface area contributed by atoms with Gasteiger partial charge in [0.25, 0.3) is 0 Å². The van der Waals surface area contributed by atoms with Crippen LogP contribution in [0, 0.1) is 17.6 Å². The van der Waals surface area contributed by atoms with E-state index in [9.17, 15) is 8.78 Å². The molecule has 0 spiro atoms. The minimum absolute atomic E-state index is 0.0675. The molecule has 0 aromatic heterocycles. The zero-order chi connectivity index (χ0) is 16.8. The van der Waals surface area contributed by atoms with Gasteiger partial charge in [0.1, 0.15) is 0 Å². The van der Waals surface area contributed by atoms with E-state index >= 15 is 0 Å². The highest BCUT2D eigenvalue weighted by molar-refractivity contribution is 5.67. The molecule has 2 heteroatoms. The molecule has 0 nitrogen and oxygen atoms in total. The number of rotatable bonds is 6. The molecule has 2 atom stereocenters. The molecule has 126 valence electrons. The number of hydrogen-bond donors (Lipinski definition) is 0. The molecule has 23 heavy (non-hydrogen) atoms. The molecule has 2 rings (SSSR count). The Labute approximate surface area is 139 Å². The van der Waals surface area contributed by atoms with Crippen molar-refractivity contribution in [3.05, 3.63) is 53.1 Å². The van der Waals surface area contributed by atoms with Crippen LogP contribution in [-0.2, 0) is 0 Å². The number of unbranched alkanes of at least 4 members (excludes halogenated alkanes) is 1. The van der Waals surface area contributed by atoms with E-state index in [0.717, 1.165) is 44.1 Å². The van der Waals surface area contributed by atoms with Gasteiger partial charge in [-0.05, 0) is 55.6 Å². The second-order valence-electron chi connectivity index (χ2n) is 6.66. The molecule has 0 amide bonds. The first-order chi connectivity index (χ1) is 11.1. The number of allylic oxidation sites excluding steroid dienone is 4. The monoisotopic (exact) mass is 318 g/mol. The van der Waals surface area contributed by atoms with Gasteiger partial charge in [0, 0.05) is 5.56 Å². The SMILES string of the molecule is C/C=C/C1CC=C(c2ccc(C(C)CCCC)c(F)c2F)CC1. The summed E-state index contributed by atoms with van der Waals surface area (Å²) in [6, 6.07) is 3.56. The molecule has 0 bridgehead atoms. The van der Waals surface area contributed by atoms with E-state index in [4.69, 9.17) is 0 Å². The fraction of sp³-hybridized carbons (Fsp3) is 0.524. The van der Waals surface area contributed by atoms with Crippen LogP contribution < -0.4 is 0 Å². The summed E-state index contributed by atoms with van der Waals surface area (Å²) < 4.78 is 29.0. The Balaban J connectivity index is 2.20. The fourth-order valence-corrected chi connectivity index (χ4v) is 3.40. The topological polar surface area (TPSA) is 0 Å². The Hall–Kier alpha value is -1.44. The molecule has 2 unspecified atom stereocenters. The highest BCUT2D eigenvalue weighted by Gasteiger charge is 2.21. The highest BCUT2D eigenvalue weighted by Crippen LogP contribution is 2.35. The average molecular weight is 318 g/mol. The second-order valence-corrected chi connectivity index (χ2v) is 6.66. The van der Waals surface area contributed by atoms with Crippen molar-refractivity contribution in [2.24, 2.45) is 5.92 Å². The molecule has 0 aliphatic heterocycles. The molecule has 0 N–H and O–H groups in total. The van der Waals surface area contributed by atoms with E-state index < -0.39 is 11.6 Å². The van der Waals surface area contributed by atoms with E-state index in [0.29, 0.717) is 17.0 Å². The first-order valence-electron chi connectivity index (χ1n) is 8.88. The smallest absolute Gasteiger partial charge is 0.166 e. The lowest BCUT2D eigenvalue weighted by Crippen LogP contribution is -2.07. The lowest BCUT2D eigenvalue weighted by molar-refractivity contribution is 0.480. The minimum atomic E-state index is -0.665. The van der Waals surface area contributed by atoms with Crippen LogP contribution in [0.2, 0.25) is 0 Å². The maximum Gasteiger partial charge on any atom is 0.166 e. The van der Waals surface area contributed by atoms with Crippen molar-refractivity contribution in [3.63, 3.8) is 0 Å². The number of benzene rings is 1. The van der Waals surface area contributed by atoms with E-state index in [2.05, 4.69) is 25.2 Å². The molecule has 1 aromatic carbocycles. The van der Waals surface area contributed by atoms with Crippen LogP contribution in [0.3, 0.4) is 0 Å². The molecule has 1 aliphatic carbocycles. The molecule has 0 fully saturated rings. The van der Waals surface area contributed by atoms with Crippen molar-refractivity contribution in [2.75, 3.05) is 0 Å². The summed E-state index contributed by atoms with van der Waals surface area (Å²) in [6.45, 7) is 6.12. The number of halogens is 2. The largest absolute Gasteiger partial charge is 0.203 e. The molecular weight excluding hydrogens is 290 g/mol. The van der Waals surface area contributed by atoms with E-state index in [1.54, 1.807) is 12.1 Å². The quantitative estimate of drug-likeness (QED) is 0.494. The third kappa shape index (κ3) is 4.31. The van der Waals surface area contributed by atoms with E-state index in [1.165, 1.54) is 0 Å². The Morgan fingerprint density at radius 3 is 2.65 bits per heavy atom. The lowest BCUT2D eigenvalue weighted by Gasteiger charge is -2.21. The summed E-state index contributed by atoms with van der Waals surface area (Å²) >= 11 is 0. The van der Waals surface area contributed by atoms with E-state index in [1.807, 2.05) is 13.8 Å². The van der Waals surface area contributed by atoms with Crippen LogP contribution in [0.15, 0.2) is 30.4 Å². The van der Waals surface area contributed by atoms with Gasteiger partial charge in [0.05, 0.1) is 0 Å². The Kier molecular flexibility index (Phi) is 6.56. The molecule has 0 heterocycles. The van der Waals surface area contributed by atoms with Crippen LogP contribution in [0.1, 0.15) is 76.3 Å². The van der Waals surface area contributed by atoms with Crippen molar-refractivity contribution in [2.45, 2.75) is 65.2 Å². The Morgan fingerprint density at radius 1 is 1.26 bits per heavy atom. The summed E-state index contributed by atoms with van der Waals surface area (Å²) in [7, 11) is 0. The Bertz CT molecular complexity index is 584. The molecule has 0 saturated carbocycles.